The van der Waals surface area contributed by atoms with Crippen molar-refractivity contribution < 1.29 is 19.1 Å². The van der Waals surface area contributed by atoms with Crippen molar-refractivity contribution in [1.29, 1.82) is 0 Å². The van der Waals surface area contributed by atoms with Crippen LogP contribution in [0.1, 0.15) is 23.7 Å². The molecule has 4 rings (SSSR count). The van der Waals surface area contributed by atoms with E-state index in [9.17, 15) is 14.4 Å². The van der Waals surface area contributed by atoms with Gasteiger partial charge < -0.3 is 10.1 Å². The van der Waals surface area contributed by atoms with E-state index < -0.39 is 23.8 Å². The van der Waals surface area contributed by atoms with Crippen LogP contribution in [0.4, 0.5) is 11.4 Å². The fourth-order valence-corrected chi connectivity index (χ4v) is 4.17. The number of hydrogen-bond donors (Lipinski definition) is 2. The van der Waals surface area contributed by atoms with Crippen molar-refractivity contribution in [2.45, 2.75) is 19.4 Å². The molecule has 1 atom stereocenters. The van der Waals surface area contributed by atoms with E-state index in [1.165, 1.54) is 9.91 Å². The molecule has 1 heterocycles. The Labute approximate surface area is 218 Å². The van der Waals surface area contributed by atoms with E-state index in [0.29, 0.717) is 34.3 Å². The van der Waals surface area contributed by atoms with Crippen molar-refractivity contribution in [3.8, 4) is 5.75 Å². The maximum absolute atomic E-state index is 13.4. The van der Waals surface area contributed by atoms with Crippen molar-refractivity contribution in [1.82, 2.24) is 10.4 Å². The molecule has 1 saturated heterocycles. The predicted molar refractivity (Wildman–Crippen MR) is 142 cm³/mol. The van der Waals surface area contributed by atoms with Gasteiger partial charge in [-0.05, 0) is 79.8 Å². The first-order valence-electron chi connectivity index (χ1n) is 11.2. The zero-order valence-electron chi connectivity index (χ0n) is 19.3. The van der Waals surface area contributed by atoms with E-state index in [4.69, 9.17) is 28.6 Å². The summed E-state index contributed by atoms with van der Waals surface area (Å²) < 4.78 is 5.42. The summed E-state index contributed by atoms with van der Waals surface area (Å²) in [5.74, 6) is -0.652. The molecule has 184 valence electrons. The number of halogens is 1. The van der Waals surface area contributed by atoms with Crippen LogP contribution >= 0.6 is 23.8 Å². The highest BCUT2D eigenvalue weighted by atomic mass is 35.5. The Kier molecular flexibility index (Phi) is 7.82. The Morgan fingerprint density at radius 2 is 1.67 bits per heavy atom. The zero-order valence-corrected chi connectivity index (χ0v) is 20.9. The molecule has 0 bridgehead atoms. The van der Waals surface area contributed by atoms with Gasteiger partial charge in [-0.1, -0.05) is 29.8 Å². The van der Waals surface area contributed by atoms with E-state index in [1.54, 1.807) is 72.8 Å². The minimum absolute atomic E-state index is 0.0624. The molecular weight excluding hydrogens is 500 g/mol. The smallest absolute Gasteiger partial charge is 0.269 e. The molecule has 36 heavy (non-hydrogen) atoms. The normalized spacial score (nSPS) is 15.1. The molecule has 0 spiro atoms. The molecule has 8 nitrogen and oxygen atoms in total. The highest BCUT2D eigenvalue weighted by Crippen LogP contribution is 2.26. The molecule has 1 aliphatic rings. The molecule has 0 aromatic heterocycles. The van der Waals surface area contributed by atoms with Gasteiger partial charge in [0.25, 0.3) is 11.8 Å². The minimum atomic E-state index is -1.04. The van der Waals surface area contributed by atoms with Crippen LogP contribution in [0, 0.1) is 0 Å². The van der Waals surface area contributed by atoms with Gasteiger partial charge >= 0.3 is 0 Å². The summed E-state index contributed by atoms with van der Waals surface area (Å²) in [6, 6.07) is 21.0. The minimum Gasteiger partial charge on any atom is -0.494 e. The van der Waals surface area contributed by atoms with Gasteiger partial charge in [-0.2, -0.15) is 0 Å². The Balaban J connectivity index is 1.55. The van der Waals surface area contributed by atoms with E-state index in [-0.39, 0.29) is 11.5 Å². The molecule has 1 unspecified atom stereocenters. The Morgan fingerprint density at radius 1 is 1.00 bits per heavy atom. The highest BCUT2D eigenvalue weighted by molar-refractivity contribution is 7.80. The first-order chi connectivity index (χ1) is 17.4. The van der Waals surface area contributed by atoms with E-state index >= 15 is 0 Å². The number of carbonyl (C=O) groups is 3. The van der Waals surface area contributed by atoms with Crippen LogP contribution < -0.4 is 20.4 Å². The number of thiocarbonyl (C=S) groups is 1. The number of nitrogens with one attached hydrogen (secondary N) is 2. The lowest BCUT2D eigenvalue weighted by molar-refractivity contribution is -0.124. The molecule has 0 aliphatic carbocycles. The number of rotatable bonds is 8. The maximum atomic E-state index is 13.4. The largest absolute Gasteiger partial charge is 0.494 e. The van der Waals surface area contributed by atoms with Crippen LogP contribution in [0.15, 0.2) is 78.9 Å². The third kappa shape index (κ3) is 5.64. The first kappa shape index (κ1) is 25.2. The molecule has 1 aliphatic heterocycles. The molecule has 1 fully saturated rings. The zero-order chi connectivity index (χ0) is 25.7. The van der Waals surface area contributed by atoms with Crippen molar-refractivity contribution >= 4 is 58.0 Å². The van der Waals surface area contributed by atoms with Gasteiger partial charge in [0.1, 0.15) is 11.8 Å². The van der Waals surface area contributed by atoms with Gasteiger partial charge in [0.2, 0.25) is 11.0 Å². The second-order valence-corrected chi connectivity index (χ2v) is 8.64. The van der Waals surface area contributed by atoms with Crippen LogP contribution in [-0.2, 0) is 9.59 Å². The summed E-state index contributed by atoms with van der Waals surface area (Å²) in [4.78, 5) is 40.6. The van der Waals surface area contributed by atoms with Gasteiger partial charge in [0.15, 0.2) is 0 Å². The van der Waals surface area contributed by atoms with Crippen LogP contribution in [0.3, 0.4) is 0 Å². The molecule has 0 radical (unpaired) electrons. The molecular formula is C26H23ClN4O4S. The van der Waals surface area contributed by atoms with Gasteiger partial charge in [0.05, 0.1) is 18.7 Å². The third-order valence-corrected chi connectivity index (χ3v) is 6.02. The summed E-state index contributed by atoms with van der Waals surface area (Å²) in [5.41, 5.74) is 4.09. The average molecular weight is 523 g/mol. The van der Waals surface area contributed by atoms with Crippen LogP contribution in [0.2, 0.25) is 5.02 Å². The Bertz CT molecular complexity index is 1270. The lowest BCUT2D eigenvalue weighted by Gasteiger charge is -2.24. The fourth-order valence-electron chi connectivity index (χ4n) is 3.68. The first-order valence-corrected chi connectivity index (χ1v) is 12.0. The molecule has 3 amide bonds. The lowest BCUT2D eigenvalue weighted by Crippen LogP contribution is -2.49. The number of hydrazine groups is 1. The van der Waals surface area contributed by atoms with Crippen molar-refractivity contribution in [3.05, 3.63) is 89.4 Å². The number of anilines is 2. The Morgan fingerprint density at radius 3 is 2.31 bits per heavy atom. The number of nitrogens with zero attached hydrogens (tertiary/aromatic N) is 2. The number of amides is 3. The van der Waals surface area contributed by atoms with Gasteiger partial charge in [0, 0.05) is 16.3 Å². The summed E-state index contributed by atoms with van der Waals surface area (Å²) in [5, 5.41) is 4.59. The monoisotopic (exact) mass is 522 g/mol. The lowest BCUT2D eigenvalue weighted by atomic mass is 10.1. The molecule has 10 heteroatoms. The molecule has 3 aromatic rings. The third-order valence-electron chi connectivity index (χ3n) is 5.39. The van der Waals surface area contributed by atoms with Gasteiger partial charge in [-0.25, -0.2) is 5.01 Å². The number of benzene rings is 3. The highest BCUT2D eigenvalue weighted by Gasteiger charge is 2.45. The maximum Gasteiger partial charge on any atom is 0.269 e. The number of carbonyl (C=O) groups excluding carboxylic acids is 3. The summed E-state index contributed by atoms with van der Waals surface area (Å²) >= 11 is 11.5. The van der Waals surface area contributed by atoms with Crippen molar-refractivity contribution in [2.75, 3.05) is 16.8 Å². The quantitative estimate of drug-likeness (QED) is 0.426. The molecule has 0 saturated carbocycles. The van der Waals surface area contributed by atoms with Crippen molar-refractivity contribution in [2.24, 2.45) is 0 Å². The SMILES string of the molecule is CCOc1ccc(NC(=O)CC2C(=O)N(c3ccccc3)C(=S)N2NC(=O)c2ccc(Cl)cc2)cc1. The topological polar surface area (TPSA) is 91.0 Å². The molecule has 3 aromatic carbocycles. The average Bonchev–Trinajstić information content (AvgIpc) is 3.10. The second-order valence-electron chi connectivity index (χ2n) is 7.84. The fraction of sp³-hybridized carbons (Fsp3) is 0.154. The van der Waals surface area contributed by atoms with E-state index in [1.807, 2.05) is 13.0 Å². The predicted octanol–water partition coefficient (Wildman–Crippen LogP) is 4.41. The summed E-state index contributed by atoms with van der Waals surface area (Å²) in [7, 11) is 0. The van der Waals surface area contributed by atoms with Gasteiger partial charge in [-0.3, -0.25) is 24.7 Å². The van der Waals surface area contributed by atoms with Crippen LogP contribution in [-0.4, -0.2) is 40.5 Å². The van der Waals surface area contributed by atoms with Gasteiger partial charge in [-0.15, -0.1) is 0 Å². The number of para-hydroxylation sites is 1. The molecule has 2 N–H and O–H groups in total. The van der Waals surface area contributed by atoms with Crippen molar-refractivity contribution in [3.63, 3.8) is 0 Å². The summed E-state index contributed by atoms with van der Waals surface area (Å²) in [6.45, 7) is 2.42. The van der Waals surface area contributed by atoms with Crippen LogP contribution in [0.25, 0.3) is 0 Å². The second kappa shape index (κ2) is 11.2. The van der Waals surface area contributed by atoms with Crippen LogP contribution in [0.5, 0.6) is 5.75 Å². The summed E-state index contributed by atoms with van der Waals surface area (Å²) in [6.07, 6.45) is -0.240. The number of hydrogen-bond acceptors (Lipinski definition) is 5. The Hall–Kier alpha value is -3.95. The van der Waals surface area contributed by atoms with E-state index in [2.05, 4.69) is 10.7 Å². The van der Waals surface area contributed by atoms with E-state index in [0.717, 1.165) is 0 Å². The number of ether oxygens (including phenoxy) is 1. The standard InChI is InChI=1S/C26H23ClN4O4S/c1-2-35-21-14-12-19(13-15-21)28-23(32)16-22-25(34)30(20-6-4-3-5-7-20)26(36)31(22)29-24(33)17-8-10-18(27)11-9-17/h3-15,22H,2,16H2,1H3,(H,28,32)(H,29,33).